The number of hydrogen-bond acceptors (Lipinski definition) is 6. The molecule has 6 nitrogen and oxygen atoms in total. The molecule has 0 atom stereocenters. The number of carbonyl (C=O) groups excluding carboxylic acids is 1. The molecule has 0 unspecified atom stereocenters. The van der Waals surface area contributed by atoms with Crippen molar-refractivity contribution in [1.29, 1.82) is 0 Å². The smallest absolute Gasteiger partial charge is 0.242 e. The SMILES string of the molecule is CCN1CCN(C(=O)CN(Cc2ccccc2)c2nc(Cc3ccccc3)ns2)CC1. The fraction of sp³-hybridized carbons (Fsp3) is 0.375. The Labute approximate surface area is 188 Å². The maximum Gasteiger partial charge on any atom is 0.242 e. The Morgan fingerprint density at radius 3 is 2.26 bits per heavy atom. The lowest BCUT2D eigenvalue weighted by Crippen LogP contribution is -2.51. The Hall–Kier alpha value is -2.77. The molecule has 2 heterocycles. The van der Waals surface area contributed by atoms with E-state index < -0.39 is 0 Å². The molecule has 31 heavy (non-hydrogen) atoms. The highest BCUT2D eigenvalue weighted by Gasteiger charge is 2.24. The van der Waals surface area contributed by atoms with Crippen molar-refractivity contribution in [3.05, 3.63) is 77.6 Å². The van der Waals surface area contributed by atoms with Crippen LogP contribution < -0.4 is 4.90 Å². The van der Waals surface area contributed by atoms with Gasteiger partial charge in [-0.3, -0.25) is 4.79 Å². The van der Waals surface area contributed by atoms with E-state index in [9.17, 15) is 4.79 Å². The van der Waals surface area contributed by atoms with E-state index in [2.05, 4.69) is 45.4 Å². The van der Waals surface area contributed by atoms with Crippen LogP contribution in [-0.2, 0) is 17.8 Å². The molecule has 7 heteroatoms. The van der Waals surface area contributed by atoms with E-state index in [-0.39, 0.29) is 5.91 Å². The number of hydrogen-bond donors (Lipinski definition) is 0. The summed E-state index contributed by atoms with van der Waals surface area (Å²) in [7, 11) is 0. The number of rotatable bonds is 8. The first kappa shape index (κ1) is 21.5. The molecule has 1 aromatic heterocycles. The van der Waals surface area contributed by atoms with Crippen LogP contribution in [0.1, 0.15) is 23.9 Å². The summed E-state index contributed by atoms with van der Waals surface area (Å²) in [6.45, 7) is 7.64. The number of aromatic nitrogens is 2. The predicted octanol–water partition coefficient (Wildman–Crippen LogP) is 3.30. The molecule has 0 N–H and O–H groups in total. The fourth-order valence-corrected chi connectivity index (χ4v) is 4.48. The van der Waals surface area contributed by atoms with Crippen LogP contribution in [0, 0.1) is 0 Å². The summed E-state index contributed by atoms with van der Waals surface area (Å²) in [4.78, 5) is 24.3. The number of anilines is 1. The molecular weight excluding hydrogens is 406 g/mol. The zero-order valence-corrected chi connectivity index (χ0v) is 18.8. The Morgan fingerprint density at radius 2 is 1.61 bits per heavy atom. The molecule has 0 saturated carbocycles. The molecule has 0 spiro atoms. The average molecular weight is 436 g/mol. The van der Waals surface area contributed by atoms with Gasteiger partial charge in [0.15, 0.2) is 0 Å². The summed E-state index contributed by atoms with van der Waals surface area (Å²) in [5.74, 6) is 0.958. The Kier molecular flexibility index (Phi) is 7.27. The topological polar surface area (TPSA) is 52.6 Å². The van der Waals surface area contributed by atoms with Gasteiger partial charge in [0.1, 0.15) is 5.82 Å². The summed E-state index contributed by atoms with van der Waals surface area (Å²) in [6.07, 6.45) is 0.698. The van der Waals surface area contributed by atoms with Crippen molar-refractivity contribution in [3.8, 4) is 0 Å². The minimum absolute atomic E-state index is 0.159. The van der Waals surface area contributed by atoms with Crippen molar-refractivity contribution in [1.82, 2.24) is 19.2 Å². The molecular formula is C24H29N5OS. The van der Waals surface area contributed by atoms with E-state index in [4.69, 9.17) is 4.98 Å². The second-order valence-electron chi connectivity index (χ2n) is 7.81. The highest BCUT2D eigenvalue weighted by atomic mass is 32.1. The van der Waals surface area contributed by atoms with Crippen LogP contribution in [0.25, 0.3) is 0 Å². The monoisotopic (exact) mass is 435 g/mol. The Morgan fingerprint density at radius 1 is 0.968 bits per heavy atom. The minimum atomic E-state index is 0.159. The van der Waals surface area contributed by atoms with Gasteiger partial charge in [-0.1, -0.05) is 67.6 Å². The highest BCUT2D eigenvalue weighted by molar-refractivity contribution is 7.09. The third-order valence-corrected chi connectivity index (χ3v) is 6.46. The van der Waals surface area contributed by atoms with E-state index in [0.29, 0.717) is 19.5 Å². The first-order chi connectivity index (χ1) is 15.2. The van der Waals surface area contributed by atoms with Gasteiger partial charge >= 0.3 is 0 Å². The summed E-state index contributed by atoms with van der Waals surface area (Å²) in [5.41, 5.74) is 2.34. The van der Waals surface area contributed by atoms with Crippen LogP contribution in [0.5, 0.6) is 0 Å². The third kappa shape index (κ3) is 5.89. The van der Waals surface area contributed by atoms with E-state index in [1.165, 1.54) is 17.1 Å². The number of amides is 1. The normalized spacial score (nSPS) is 14.5. The van der Waals surface area contributed by atoms with Crippen LogP contribution in [0.2, 0.25) is 0 Å². The zero-order chi connectivity index (χ0) is 21.5. The van der Waals surface area contributed by atoms with Gasteiger partial charge in [0.2, 0.25) is 11.0 Å². The number of benzene rings is 2. The molecule has 1 fully saturated rings. The lowest BCUT2D eigenvalue weighted by atomic mass is 10.1. The first-order valence-electron chi connectivity index (χ1n) is 10.9. The number of likely N-dealkylation sites (N-methyl/N-ethyl adjacent to an activating group) is 1. The second-order valence-corrected chi connectivity index (χ2v) is 8.54. The number of carbonyl (C=O) groups is 1. The van der Waals surface area contributed by atoms with Crippen LogP contribution in [0.4, 0.5) is 5.13 Å². The molecule has 1 saturated heterocycles. The maximum atomic E-state index is 13.1. The maximum absolute atomic E-state index is 13.1. The quantitative estimate of drug-likeness (QED) is 0.543. The van der Waals surface area contributed by atoms with E-state index in [0.717, 1.165) is 49.2 Å². The van der Waals surface area contributed by atoms with Gasteiger partial charge in [0, 0.05) is 50.7 Å². The molecule has 2 aromatic carbocycles. The largest absolute Gasteiger partial charge is 0.339 e. The Balaban J connectivity index is 1.47. The highest BCUT2D eigenvalue weighted by Crippen LogP contribution is 2.21. The lowest BCUT2D eigenvalue weighted by molar-refractivity contribution is -0.131. The molecule has 0 aliphatic carbocycles. The zero-order valence-electron chi connectivity index (χ0n) is 18.0. The van der Waals surface area contributed by atoms with Crippen LogP contribution in [0.3, 0.4) is 0 Å². The molecule has 0 radical (unpaired) electrons. The van der Waals surface area contributed by atoms with Crippen LogP contribution in [0.15, 0.2) is 60.7 Å². The van der Waals surface area contributed by atoms with Crippen molar-refractivity contribution >= 4 is 22.6 Å². The van der Waals surface area contributed by atoms with E-state index in [1.807, 2.05) is 41.3 Å². The van der Waals surface area contributed by atoms with Gasteiger partial charge in [0.05, 0.1) is 6.54 Å². The fourth-order valence-electron chi connectivity index (χ4n) is 3.80. The van der Waals surface area contributed by atoms with Gasteiger partial charge in [-0.05, 0) is 17.7 Å². The van der Waals surface area contributed by atoms with Gasteiger partial charge in [0.25, 0.3) is 0 Å². The van der Waals surface area contributed by atoms with E-state index in [1.54, 1.807) is 0 Å². The van der Waals surface area contributed by atoms with Crippen LogP contribution in [-0.4, -0.2) is 64.3 Å². The summed E-state index contributed by atoms with van der Waals surface area (Å²) < 4.78 is 4.57. The van der Waals surface area contributed by atoms with Crippen molar-refractivity contribution in [2.24, 2.45) is 0 Å². The van der Waals surface area contributed by atoms with Gasteiger partial charge in [-0.25, -0.2) is 4.98 Å². The standard InChI is InChI=1S/C24H29N5OS/c1-2-27-13-15-28(16-14-27)23(30)19-29(18-21-11-7-4-8-12-21)24-25-22(26-31-24)17-20-9-5-3-6-10-20/h3-12H,2,13-19H2,1H3. The minimum Gasteiger partial charge on any atom is -0.339 e. The summed E-state index contributed by atoms with van der Waals surface area (Å²) >= 11 is 1.37. The van der Waals surface area contributed by atoms with Gasteiger partial charge in [-0.15, -0.1) is 0 Å². The van der Waals surface area contributed by atoms with Gasteiger partial charge in [-0.2, -0.15) is 4.37 Å². The average Bonchev–Trinajstić information content (AvgIpc) is 3.28. The van der Waals surface area contributed by atoms with Gasteiger partial charge < -0.3 is 14.7 Å². The molecule has 4 rings (SSSR count). The third-order valence-electron chi connectivity index (χ3n) is 5.65. The van der Waals surface area contributed by atoms with Crippen molar-refractivity contribution < 1.29 is 4.79 Å². The summed E-state index contributed by atoms with van der Waals surface area (Å²) in [6, 6.07) is 20.5. The van der Waals surface area contributed by atoms with Crippen molar-refractivity contribution in [2.45, 2.75) is 19.9 Å². The second kappa shape index (κ2) is 10.5. The number of piperazine rings is 1. The Bertz CT molecular complexity index is 954. The molecule has 1 amide bonds. The molecule has 0 bridgehead atoms. The summed E-state index contributed by atoms with van der Waals surface area (Å²) in [5, 5.41) is 0.801. The number of nitrogens with zero attached hydrogens (tertiary/aromatic N) is 5. The van der Waals surface area contributed by atoms with E-state index >= 15 is 0 Å². The van der Waals surface area contributed by atoms with Crippen molar-refractivity contribution in [3.63, 3.8) is 0 Å². The van der Waals surface area contributed by atoms with Crippen LogP contribution >= 0.6 is 11.5 Å². The first-order valence-corrected chi connectivity index (χ1v) is 11.6. The van der Waals surface area contributed by atoms with Crippen molar-refractivity contribution in [2.75, 3.05) is 44.2 Å². The predicted molar refractivity (Wildman–Crippen MR) is 125 cm³/mol. The molecule has 1 aliphatic heterocycles. The molecule has 162 valence electrons. The lowest BCUT2D eigenvalue weighted by Gasteiger charge is -2.35. The molecule has 1 aliphatic rings. The molecule has 3 aromatic rings.